The molecular weight excluding hydrogens is 226 g/mol. The monoisotopic (exact) mass is 243 g/mol. The molecule has 3 nitrogen and oxygen atoms in total. The summed E-state index contributed by atoms with van der Waals surface area (Å²) in [6.45, 7) is 0. The van der Waals surface area contributed by atoms with Crippen LogP contribution in [-0.4, -0.2) is 16.6 Å². The van der Waals surface area contributed by atoms with Crippen LogP contribution in [0.2, 0.25) is 0 Å². The molecule has 2 aliphatic rings. The molecule has 2 fully saturated rings. The fourth-order valence-corrected chi connectivity index (χ4v) is 3.50. The van der Waals surface area contributed by atoms with Gasteiger partial charge in [-0.3, -0.25) is 14.6 Å². The predicted molar refractivity (Wildman–Crippen MR) is 67.1 cm³/mol. The van der Waals surface area contributed by atoms with Crippen LogP contribution in [0.5, 0.6) is 0 Å². The Bertz CT molecular complexity index is 469. The average molecular weight is 243 g/mol. The zero-order valence-electron chi connectivity index (χ0n) is 10.3. The third-order valence-corrected chi connectivity index (χ3v) is 4.44. The number of nitrogens with zero attached hydrogens (tertiary/aromatic N) is 1. The van der Waals surface area contributed by atoms with E-state index in [0.29, 0.717) is 29.7 Å². The first-order valence-electron chi connectivity index (χ1n) is 6.73. The Hall–Kier alpha value is -1.51. The number of Topliss-reactive ketones (excluding diaryl/α,β-unsaturated/α-hetero) is 2. The number of carbonyl (C=O) groups excluding carboxylic acids is 2. The molecule has 0 aliphatic heterocycles. The number of hydrogen-bond donors (Lipinski definition) is 0. The summed E-state index contributed by atoms with van der Waals surface area (Å²) in [5.74, 6) is 1.49. The van der Waals surface area contributed by atoms with E-state index in [0.717, 1.165) is 19.3 Å². The van der Waals surface area contributed by atoms with Crippen molar-refractivity contribution in [1.82, 2.24) is 4.98 Å². The Morgan fingerprint density at radius 2 is 2.22 bits per heavy atom. The van der Waals surface area contributed by atoms with E-state index < -0.39 is 0 Å². The molecule has 0 amide bonds. The van der Waals surface area contributed by atoms with Crippen molar-refractivity contribution in [2.24, 2.45) is 17.8 Å². The summed E-state index contributed by atoms with van der Waals surface area (Å²) >= 11 is 0. The van der Waals surface area contributed by atoms with Gasteiger partial charge >= 0.3 is 0 Å². The second-order valence-corrected chi connectivity index (χ2v) is 5.46. The first-order chi connectivity index (χ1) is 8.75. The van der Waals surface area contributed by atoms with Gasteiger partial charge in [0.15, 0.2) is 5.78 Å². The van der Waals surface area contributed by atoms with E-state index in [4.69, 9.17) is 0 Å². The number of aromatic nitrogens is 1. The van der Waals surface area contributed by atoms with Crippen molar-refractivity contribution in [2.45, 2.75) is 32.1 Å². The molecule has 3 atom stereocenters. The minimum atomic E-state index is 0.0613. The van der Waals surface area contributed by atoms with E-state index in [2.05, 4.69) is 4.98 Å². The molecule has 2 bridgehead atoms. The molecule has 1 heterocycles. The zero-order valence-corrected chi connectivity index (χ0v) is 10.3. The SMILES string of the molecule is O=C(CCC1C(=O)[C@@H]2CC[C@H]1C2)c1ccccn1. The fraction of sp³-hybridized carbons (Fsp3) is 0.533. The summed E-state index contributed by atoms with van der Waals surface area (Å²) in [5.41, 5.74) is 0.521. The molecule has 1 unspecified atom stereocenters. The highest BCUT2D eigenvalue weighted by molar-refractivity contribution is 5.94. The van der Waals surface area contributed by atoms with E-state index in [9.17, 15) is 9.59 Å². The third-order valence-electron chi connectivity index (χ3n) is 4.44. The lowest BCUT2D eigenvalue weighted by molar-refractivity contribution is -0.125. The second kappa shape index (κ2) is 4.63. The van der Waals surface area contributed by atoms with Crippen LogP contribution in [0.3, 0.4) is 0 Å². The van der Waals surface area contributed by atoms with E-state index in [1.165, 1.54) is 6.42 Å². The van der Waals surface area contributed by atoms with E-state index in [1.807, 2.05) is 6.07 Å². The van der Waals surface area contributed by atoms with Gasteiger partial charge < -0.3 is 0 Å². The van der Waals surface area contributed by atoms with Crippen LogP contribution < -0.4 is 0 Å². The molecule has 0 spiro atoms. The Morgan fingerprint density at radius 3 is 2.89 bits per heavy atom. The van der Waals surface area contributed by atoms with Gasteiger partial charge in [0.2, 0.25) is 0 Å². The molecule has 0 aromatic carbocycles. The van der Waals surface area contributed by atoms with Crippen LogP contribution in [0, 0.1) is 17.8 Å². The lowest BCUT2D eigenvalue weighted by Crippen LogP contribution is -2.22. The molecule has 2 aliphatic carbocycles. The van der Waals surface area contributed by atoms with Crippen molar-refractivity contribution in [3.05, 3.63) is 30.1 Å². The average Bonchev–Trinajstić information content (AvgIpc) is 2.99. The standard InChI is InChI=1S/C15H17NO2/c17-14(13-3-1-2-8-16-13)7-6-12-10-4-5-11(9-10)15(12)18/h1-3,8,10-12H,4-7,9H2/t10-,11+,12?/m0/s1. The highest BCUT2D eigenvalue weighted by Gasteiger charge is 2.46. The summed E-state index contributed by atoms with van der Waals surface area (Å²) in [5, 5.41) is 0. The molecule has 2 saturated carbocycles. The van der Waals surface area contributed by atoms with Crippen LogP contribution in [0.25, 0.3) is 0 Å². The van der Waals surface area contributed by atoms with E-state index in [1.54, 1.807) is 18.3 Å². The van der Waals surface area contributed by atoms with E-state index in [-0.39, 0.29) is 11.7 Å². The summed E-state index contributed by atoms with van der Waals surface area (Å²) in [6, 6.07) is 5.37. The van der Waals surface area contributed by atoms with Crippen LogP contribution >= 0.6 is 0 Å². The van der Waals surface area contributed by atoms with Gasteiger partial charge in [-0.15, -0.1) is 0 Å². The van der Waals surface area contributed by atoms with Gasteiger partial charge in [-0.1, -0.05) is 6.07 Å². The maximum absolute atomic E-state index is 12.0. The first kappa shape index (κ1) is 11.6. The normalized spacial score (nSPS) is 29.8. The smallest absolute Gasteiger partial charge is 0.181 e. The van der Waals surface area contributed by atoms with Gasteiger partial charge in [0.05, 0.1) is 0 Å². The molecule has 1 aromatic rings. The number of ketones is 2. The molecule has 0 saturated heterocycles. The Morgan fingerprint density at radius 1 is 1.33 bits per heavy atom. The highest BCUT2D eigenvalue weighted by Crippen LogP contribution is 2.47. The Labute approximate surface area is 107 Å². The van der Waals surface area contributed by atoms with Crippen molar-refractivity contribution in [1.29, 1.82) is 0 Å². The summed E-state index contributed by atoms with van der Waals surface area (Å²) < 4.78 is 0. The third kappa shape index (κ3) is 1.98. The van der Waals surface area contributed by atoms with Gasteiger partial charge in [-0.05, 0) is 43.7 Å². The molecule has 0 radical (unpaired) electrons. The highest BCUT2D eigenvalue weighted by atomic mass is 16.1. The molecule has 18 heavy (non-hydrogen) atoms. The number of carbonyl (C=O) groups is 2. The van der Waals surface area contributed by atoms with Crippen molar-refractivity contribution >= 4 is 11.6 Å². The predicted octanol–water partition coefficient (Wildman–Crippen LogP) is 2.66. The van der Waals surface area contributed by atoms with Crippen LogP contribution in [0.15, 0.2) is 24.4 Å². The largest absolute Gasteiger partial charge is 0.299 e. The minimum absolute atomic E-state index is 0.0613. The molecule has 3 heteroatoms. The molecule has 1 aromatic heterocycles. The number of pyridine rings is 1. The molecule has 94 valence electrons. The van der Waals surface area contributed by atoms with Gasteiger partial charge in [0.25, 0.3) is 0 Å². The first-order valence-corrected chi connectivity index (χ1v) is 6.73. The number of rotatable bonds is 4. The van der Waals surface area contributed by atoms with Crippen molar-refractivity contribution in [3.8, 4) is 0 Å². The van der Waals surface area contributed by atoms with Crippen molar-refractivity contribution < 1.29 is 9.59 Å². The second-order valence-electron chi connectivity index (χ2n) is 5.46. The molecule has 3 rings (SSSR count). The van der Waals surface area contributed by atoms with Gasteiger partial charge in [-0.25, -0.2) is 0 Å². The van der Waals surface area contributed by atoms with E-state index >= 15 is 0 Å². The number of fused-ring (bicyclic) bond motifs is 2. The molecule has 0 N–H and O–H groups in total. The summed E-state index contributed by atoms with van der Waals surface area (Å²) in [4.78, 5) is 28.0. The van der Waals surface area contributed by atoms with Gasteiger partial charge in [-0.2, -0.15) is 0 Å². The Balaban J connectivity index is 1.59. The van der Waals surface area contributed by atoms with Gasteiger partial charge in [0, 0.05) is 24.5 Å². The lowest BCUT2D eigenvalue weighted by atomic mass is 9.84. The maximum Gasteiger partial charge on any atom is 0.181 e. The molecular formula is C15H17NO2. The maximum atomic E-state index is 12.0. The van der Waals surface area contributed by atoms with Crippen LogP contribution in [0.4, 0.5) is 0 Å². The van der Waals surface area contributed by atoms with Crippen LogP contribution in [0.1, 0.15) is 42.6 Å². The van der Waals surface area contributed by atoms with Crippen molar-refractivity contribution in [3.63, 3.8) is 0 Å². The lowest BCUT2D eigenvalue weighted by Gasteiger charge is -2.19. The minimum Gasteiger partial charge on any atom is -0.299 e. The quantitative estimate of drug-likeness (QED) is 0.764. The van der Waals surface area contributed by atoms with Gasteiger partial charge in [0.1, 0.15) is 11.5 Å². The number of hydrogen-bond acceptors (Lipinski definition) is 3. The van der Waals surface area contributed by atoms with Crippen LogP contribution in [-0.2, 0) is 4.79 Å². The summed E-state index contributed by atoms with van der Waals surface area (Å²) in [6.07, 6.45) is 6.14. The summed E-state index contributed by atoms with van der Waals surface area (Å²) in [7, 11) is 0. The Kier molecular flexibility index (Phi) is 2.98. The topological polar surface area (TPSA) is 47.0 Å². The fourth-order valence-electron chi connectivity index (χ4n) is 3.50. The van der Waals surface area contributed by atoms with Crippen molar-refractivity contribution in [2.75, 3.05) is 0 Å². The zero-order chi connectivity index (χ0) is 12.5.